The van der Waals surface area contributed by atoms with Gasteiger partial charge in [-0.3, -0.25) is 4.48 Å². The lowest BCUT2D eigenvalue weighted by atomic mass is 10.2. The molecule has 17 heavy (non-hydrogen) atoms. The van der Waals surface area contributed by atoms with Crippen LogP contribution in [-0.4, -0.2) is 41.6 Å². The zero-order valence-electron chi connectivity index (χ0n) is 9.92. The molecule has 0 saturated heterocycles. The molecule has 0 amide bonds. The van der Waals surface area contributed by atoms with Gasteiger partial charge in [0.1, 0.15) is 13.2 Å². The molecule has 0 saturated carbocycles. The van der Waals surface area contributed by atoms with E-state index in [1.807, 2.05) is 31.3 Å². The molecular formula is C11H16NO4S+. The fraction of sp³-hybridized carbons (Fsp3) is 0.455. The van der Waals surface area contributed by atoms with Gasteiger partial charge in [0.15, 0.2) is 11.4 Å². The molecule has 6 heteroatoms. The summed E-state index contributed by atoms with van der Waals surface area (Å²) in [6.07, 6.45) is 1.06. The summed E-state index contributed by atoms with van der Waals surface area (Å²) in [5.74, 6) is 0.790. The van der Waals surface area contributed by atoms with Crippen molar-refractivity contribution in [3.05, 3.63) is 24.3 Å². The third kappa shape index (κ3) is 2.77. The van der Waals surface area contributed by atoms with Gasteiger partial charge in [0, 0.05) is 6.07 Å². The molecule has 0 aromatic heterocycles. The Bertz CT molecular complexity index is 514. The van der Waals surface area contributed by atoms with Crippen molar-refractivity contribution < 1.29 is 17.3 Å². The second kappa shape index (κ2) is 4.29. The molecule has 1 aromatic rings. The van der Waals surface area contributed by atoms with Gasteiger partial charge in [0.2, 0.25) is 6.73 Å². The summed E-state index contributed by atoms with van der Waals surface area (Å²) in [5, 5.41) is 0. The number of quaternary nitrogens is 1. The summed E-state index contributed by atoms with van der Waals surface area (Å²) in [7, 11) is -1.48. The Labute approximate surface area is 101 Å². The molecule has 0 radical (unpaired) electrons. The molecular weight excluding hydrogens is 242 g/mol. The summed E-state index contributed by atoms with van der Waals surface area (Å²) in [5.41, 5.74) is 0.947. The number of rotatable bonds is 3. The van der Waals surface area contributed by atoms with Crippen molar-refractivity contribution in [3.63, 3.8) is 0 Å². The summed E-state index contributed by atoms with van der Waals surface area (Å²) in [6, 6.07) is 7.61. The van der Waals surface area contributed by atoms with E-state index < -0.39 is 10.1 Å². The topological polar surface area (TPSA) is 52.6 Å². The van der Waals surface area contributed by atoms with Crippen LogP contribution < -0.4 is 9.22 Å². The molecule has 1 aromatic carbocycles. The number of benzene rings is 1. The minimum atomic E-state index is -3.42. The minimum Gasteiger partial charge on any atom is -0.481 e. The largest absolute Gasteiger partial charge is 0.481 e. The van der Waals surface area contributed by atoms with Gasteiger partial charge >= 0.3 is 0 Å². The van der Waals surface area contributed by atoms with Gasteiger partial charge in [0.25, 0.3) is 10.1 Å². The maximum atomic E-state index is 11.1. The maximum Gasteiger partial charge on any atom is 0.268 e. The molecule has 94 valence electrons. The standard InChI is InChI=1S/C11H16NO4S/c1-12(9-16-17(2,13)14)7-8-15-11-6-4-3-5-10(11)12/h3-6H,7-9H2,1-2H3/q+1. The first-order valence-corrected chi connectivity index (χ1v) is 7.14. The molecule has 2 rings (SSSR count). The van der Waals surface area contributed by atoms with E-state index in [4.69, 9.17) is 8.92 Å². The molecule has 0 aliphatic carbocycles. The van der Waals surface area contributed by atoms with Gasteiger partial charge in [-0.2, -0.15) is 8.42 Å². The van der Waals surface area contributed by atoms with Crippen LogP contribution in [0.5, 0.6) is 5.75 Å². The summed E-state index contributed by atoms with van der Waals surface area (Å²) in [6.45, 7) is 1.34. The lowest BCUT2D eigenvalue weighted by molar-refractivity contribution is 0.119. The predicted octanol–water partition coefficient (Wildman–Crippen LogP) is 0.950. The highest BCUT2D eigenvalue weighted by atomic mass is 32.2. The van der Waals surface area contributed by atoms with Gasteiger partial charge in [-0.25, -0.2) is 4.18 Å². The van der Waals surface area contributed by atoms with Gasteiger partial charge in [0.05, 0.1) is 13.3 Å². The van der Waals surface area contributed by atoms with Crippen LogP contribution in [0.15, 0.2) is 24.3 Å². The maximum absolute atomic E-state index is 11.1. The Kier molecular flexibility index (Phi) is 3.11. The predicted molar refractivity (Wildman–Crippen MR) is 65.3 cm³/mol. The van der Waals surface area contributed by atoms with Crippen LogP contribution in [0.1, 0.15) is 0 Å². The fourth-order valence-corrected chi connectivity index (χ4v) is 2.27. The normalized spacial score (nSPS) is 23.9. The minimum absolute atomic E-state index is 0.0964. The molecule has 1 aliphatic heterocycles. The molecule has 1 unspecified atom stereocenters. The third-order valence-corrected chi connectivity index (χ3v) is 3.37. The van der Waals surface area contributed by atoms with Gasteiger partial charge in [-0.15, -0.1) is 0 Å². The smallest absolute Gasteiger partial charge is 0.268 e. The number of fused-ring (bicyclic) bond motifs is 1. The van der Waals surface area contributed by atoms with E-state index in [0.717, 1.165) is 17.7 Å². The van der Waals surface area contributed by atoms with Gasteiger partial charge in [-0.05, 0) is 6.07 Å². The summed E-state index contributed by atoms with van der Waals surface area (Å²) < 4.78 is 33.0. The van der Waals surface area contributed by atoms with E-state index in [9.17, 15) is 8.42 Å². The highest BCUT2D eigenvalue weighted by Crippen LogP contribution is 2.35. The number of ether oxygens (including phenoxy) is 1. The fourth-order valence-electron chi connectivity index (χ4n) is 1.85. The number of para-hydroxylation sites is 2. The summed E-state index contributed by atoms with van der Waals surface area (Å²) >= 11 is 0. The Morgan fingerprint density at radius 3 is 2.82 bits per heavy atom. The molecule has 0 spiro atoms. The number of hydrogen-bond donors (Lipinski definition) is 0. The van der Waals surface area contributed by atoms with Crippen molar-refractivity contribution in [3.8, 4) is 5.75 Å². The van der Waals surface area contributed by atoms with Crippen molar-refractivity contribution >= 4 is 15.8 Å². The third-order valence-electron chi connectivity index (χ3n) is 2.84. The highest BCUT2D eigenvalue weighted by molar-refractivity contribution is 7.85. The van der Waals surface area contributed by atoms with Crippen LogP contribution in [0.25, 0.3) is 0 Å². The van der Waals surface area contributed by atoms with E-state index in [1.165, 1.54) is 0 Å². The number of likely N-dealkylation sites (N-methyl/N-ethyl adjacent to an activating group) is 1. The first kappa shape index (κ1) is 12.3. The van der Waals surface area contributed by atoms with Crippen LogP contribution >= 0.6 is 0 Å². The van der Waals surface area contributed by atoms with E-state index in [2.05, 4.69) is 0 Å². The monoisotopic (exact) mass is 258 g/mol. The molecule has 1 heterocycles. The quantitative estimate of drug-likeness (QED) is 0.598. The second-order valence-corrected chi connectivity index (χ2v) is 6.03. The first-order chi connectivity index (χ1) is 7.91. The van der Waals surface area contributed by atoms with Crippen LogP contribution in [-0.2, 0) is 14.3 Å². The number of hydrogen-bond acceptors (Lipinski definition) is 4. The average molecular weight is 258 g/mol. The van der Waals surface area contributed by atoms with E-state index in [0.29, 0.717) is 17.6 Å². The van der Waals surface area contributed by atoms with E-state index in [-0.39, 0.29) is 6.73 Å². The number of nitrogens with zero attached hydrogens (tertiary/aromatic N) is 1. The summed E-state index contributed by atoms with van der Waals surface area (Å²) in [4.78, 5) is 0. The Morgan fingerprint density at radius 1 is 1.41 bits per heavy atom. The molecule has 1 atom stereocenters. The van der Waals surface area contributed by atoms with Crippen molar-refractivity contribution in [1.82, 2.24) is 4.48 Å². The molecule has 5 nitrogen and oxygen atoms in total. The zero-order valence-corrected chi connectivity index (χ0v) is 10.7. The second-order valence-electron chi connectivity index (χ2n) is 4.39. The van der Waals surface area contributed by atoms with E-state index >= 15 is 0 Å². The lowest BCUT2D eigenvalue weighted by Crippen LogP contribution is -2.52. The van der Waals surface area contributed by atoms with Crippen LogP contribution in [0, 0.1) is 0 Å². The van der Waals surface area contributed by atoms with Crippen molar-refractivity contribution in [1.29, 1.82) is 0 Å². The SMILES string of the molecule is C[N+]1(COS(C)(=O)=O)CCOc2ccccc21. The molecule has 0 fully saturated rings. The Balaban J connectivity index is 2.27. The lowest BCUT2D eigenvalue weighted by Gasteiger charge is -2.37. The van der Waals surface area contributed by atoms with Crippen LogP contribution in [0.4, 0.5) is 5.69 Å². The molecule has 0 bridgehead atoms. The molecule has 1 aliphatic rings. The zero-order chi connectivity index (χ0) is 12.5. The van der Waals surface area contributed by atoms with Crippen LogP contribution in [0.2, 0.25) is 0 Å². The Morgan fingerprint density at radius 2 is 2.12 bits per heavy atom. The van der Waals surface area contributed by atoms with Gasteiger partial charge < -0.3 is 4.74 Å². The van der Waals surface area contributed by atoms with Crippen molar-refractivity contribution in [2.75, 3.05) is 33.2 Å². The Hall–Kier alpha value is -1.11. The highest BCUT2D eigenvalue weighted by Gasteiger charge is 2.33. The van der Waals surface area contributed by atoms with Crippen molar-refractivity contribution in [2.24, 2.45) is 0 Å². The van der Waals surface area contributed by atoms with Crippen LogP contribution in [0.3, 0.4) is 0 Å². The average Bonchev–Trinajstić information content (AvgIpc) is 2.27. The first-order valence-electron chi connectivity index (χ1n) is 5.32. The van der Waals surface area contributed by atoms with Crippen molar-refractivity contribution in [2.45, 2.75) is 0 Å². The van der Waals surface area contributed by atoms with E-state index in [1.54, 1.807) is 0 Å². The molecule has 0 N–H and O–H groups in total. The van der Waals surface area contributed by atoms with Gasteiger partial charge in [-0.1, -0.05) is 12.1 Å².